The van der Waals surface area contributed by atoms with Gasteiger partial charge < -0.3 is 4.74 Å². The average Bonchev–Trinajstić information content (AvgIpc) is 2.19. The van der Waals surface area contributed by atoms with Gasteiger partial charge in [-0.15, -0.1) is 0 Å². The molecular formula is C13H20O. The fourth-order valence-corrected chi connectivity index (χ4v) is 1.42. The Kier molecular flexibility index (Phi) is 3.56. The van der Waals surface area contributed by atoms with E-state index in [2.05, 4.69) is 32.9 Å². The minimum atomic E-state index is 0.397. The lowest BCUT2D eigenvalue weighted by molar-refractivity contribution is 0.349. The number of hydrogen-bond donors (Lipinski definition) is 0. The van der Waals surface area contributed by atoms with Crippen LogP contribution in [0.2, 0.25) is 0 Å². The molecule has 0 aromatic heterocycles. The van der Waals surface area contributed by atoms with Crippen LogP contribution >= 0.6 is 0 Å². The summed E-state index contributed by atoms with van der Waals surface area (Å²) in [5.41, 5.74) is 1.78. The van der Waals surface area contributed by atoms with Crippen molar-refractivity contribution in [1.82, 2.24) is 0 Å². The van der Waals surface area contributed by atoms with Gasteiger partial charge >= 0.3 is 0 Å². The van der Waals surface area contributed by atoms with Gasteiger partial charge in [0.15, 0.2) is 0 Å². The van der Waals surface area contributed by atoms with Gasteiger partial charge in [0.2, 0.25) is 0 Å². The molecular weight excluding hydrogens is 172 g/mol. The first-order valence-corrected chi connectivity index (χ1v) is 5.20. The van der Waals surface area contributed by atoms with Crippen molar-refractivity contribution in [2.24, 2.45) is 5.41 Å². The molecule has 78 valence electrons. The Labute approximate surface area is 87.1 Å². The third-order valence-corrected chi connectivity index (χ3v) is 2.80. The first-order valence-electron chi connectivity index (χ1n) is 5.20. The van der Waals surface area contributed by atoms with Crippen LogP contribution < -0.4 is 4.74 Å². The van der Waals surface area contributed by atoms with Crippen LogP contribution in [0.1, 0.15) is 32.8 Å². The molecule has 1 aromatic rings. The summed E-state index contributed by atoms with van der Waals surface area (Å²) >= 11 is 0. The lowest BCUT2D eigenvalue weighted by Crippen LogP contribution is -2.13. The monoisotopic (exact) mass is 192 g/mol. The minimum absolute atomic E-state index is 0.397. The van der Waals surface area contributed by atoms with Crippen molar-refractivity contribution >= 4 is 0 Å². The molecule has 0 bridgehead atoms. The summed E-state index contributed by atoms with van der Waals surface area (Å²) in [6.45, 7) is 6.85. The van der Waals surface area contributed by atoms with E-state index >= 15 is 0 Å². The molecule has 0 radical (unpaired) electrons. The third kappa shape index (κ3) is 3.06. The van der Waals surface area contributed by atoms with Gasteiger partial charge in [-0.3, -0.25) is 0 Å². The number of methoxy groups -OCH3 is 1. The second kappa shape index (κ2) is 4.50. The first kappa shape index (κ1) is 11.1. The molecule has 0 amide bonds. The summed E-state index contributed by atoms with van der Waals surface area (Å²) in [6.07, 6.45) is 2.34. The van der Waals surface area contributed by atoms with Crippen molar-refractivity contribution in [1.29, 1.82) is 0 Å². The van der Waals surface area contributed by atoms with Crippen molar-refractivity contribution in [2.75, 3.05) is 7.11 Å². The molecule has 0 N–H and O–H groups in total. The molecule has 0 heterocycles. The maximum absolute atomic E-state index is 5.13. The molecule has 0 saturated heterocycles. The Hall–Kier alpha value is -0.980. The largest absolute Gasteiger partial charge is 0.497 e. The maximum Gasteiger partial charge on any atom is 0.118 e. The molecule has 0 saturated carbocycles. The van der Waals surface area contributed by atoms with Crippen LogP contribution in [0.25, 0.3) is 0 Å². The second-order valence-corrected chi connectivity index (χ2v) is 4.54. The Balaban J connectivity index is 2.69. The minimum Gasteiger partial charge on any atom is -0.497 e. The Morgan fingerprint density at radius 1 is 1.14 bits per heavy atom. The zero-order valence-corrected chi connectivity index (χ0v) is 9.63. The van der Waals surface area contributed by atoms with Gasteiger partial charge in [0.1, 0.15) is 5.75 Å². The van der Waals surface area contributed by atoms with Crippen LogP contribution in [0.15, 0.2) is 24.3 Å². The number of benzene rings is 1. The zero-order chi connectivity index (χ0) is 10.6. The van der Waals surface area contributed by atoms with Crippen LogP contribution in [-0.4, -0.2) is 7.11 Å². The van der Waals surface area contributed by atoms with Gasteiger partial charge in [0.05, 0.1) is 7.11 Å². The molecule has 1 heteroatoms. The normalized spacial score (nSPS) is 11.4. The van der Waals surface area contributed by atoms with Gasteiger partial charge in [-0.05, 0) is 29.5 Å². The predicted molar refractivity (Wildman–Crippen MR) is 60.8 cm³/mol. The highest BCUT2D eigenvalue weighted by atomic mass is 16.5. The summed E-state index contributed by atoms with van der Waals surface area (Å²) < 4.78 is 5.13. The molecule has 14 heavy (non-hydrogen) atoms. The van der Waals surface area contributed by atoms with E-state index in [1.165, 1.54) is 12.0 Å². The second-order valence-electron chi connectivity index (χ2n) is 4.54. The van der Waals surface area contributed by atoms with E-state index in [1.807, 2.05) is 12.1 Å². The van der Waals surface area contributed by atoms with E-state index in [1.54, 1.807) is 7.11 Å². The number of ether oxygens (including phenoxy) is 1. The SMILES string of the molecule is CCC(C)(C)Cc1ccc(OC)cc1. The number of rotatable bonds is 4. The highest BCUT2D eigenvalue weighted by molar-refractivity contribution is 5.27. The molecule has 0 unspecified atom stereocenters. The Morgan fingerprint density at radius 3 is 2.14 bits per heavy atom. The van der Waals surface area contributed by atoms with E-state index in [-0.39, 0.29) is 0 Å². The third-order valence-electron chi connectivity index (χ3n) is 2.80. The first-order chi connectivity index (χ1) is 6.57. The molecule has 0 fully saturated rings. The van der Waals surface area contributed by atoms with E-state index in [0.29, 0.717) is 5.41 Å². The summed E-state index contributed by atoms with van der Waals surface area (Å²) in [5.74, 6) is 0.933. The van der Waals surface area contributed by atoms with Gasteiger partial charge in [0, 0.05) is 0 Å². The summed E-state index contributed by atoms with van der Waals surface area (Å²) in [7, 11) is 1.70. The molecule has 1 rings (SSSR count). The maximum atomic E-state index is 5.13. The van der Waals surface area contributed by atoms with Crippen molar-refractivity contribution in [3.05, 3.63) is 29.8 Å². The molecule has 0 aliphatic heterocycles. The molecule has 0 spiro atoms. The highest BCUT2D eigenvalue weighted by Crippen LogP contribution is 2.26. The van der Waals surface area contributed by atoms with Gasteiger partial charge in [-0.1, -0.05) is 39.3 Å². The summed E-state index contributed by atoms with van der Waals surface area (Å²) in [6, 6.07) is 8.36. The van der Waals surface area contributed by atoms with E-state index in [9.17, 15) is 0 Å². The van der Waals surface area contributed by atoms with E-state index < -0.39 is 0 Å². The topological polar surface area (TPSA) is 9.23 Å². The fraction of sp³-hybridized carbons (Fsp3) is 0.538. The molecule has 0 atom stereocenters. The van der Waals surface area contributed by atoms with Crippen LogP contribution in [0.5, 0.6) is 5.75 Å². The standard InChI is InChI=1S/C13H20O/c1-5-13(2,3)10-11-6-8-12(14-4)9-7-11/h6-9H,5,10H2,1-4H3. The van der Waals surface area contributed by atoms with Gasteiger partial charge in [0.25, 0.3) is 0 Å². The van der Waals surface area contributed by atoms with Crippen molar-refractivity contribution < 1.29 is 4.74 Å². The zero-order valence-electron chi connectivity index (χ0n) is 9.63. The van der Waals surface area contributed by atoms with Crippen molar-refractivity contribution in [3.8, 4) is 5.75 Å². The smallest absolute Gasteiger partial charge is 0.118 e. The average molecular weight is 192 g/mol. The summed E-state index contributed by atoms with van der Waals surface area (Å²) in [5, 5.41) is 0. The van der Waals surface area contributed by atoms with E-state index in [0.717, 1.165) is 12.2 Å². The van der Waals surface area contributed by atoms with Crippen LogP contribution in [0, 0.1) is 5.41 Å². The van der Waals surface area contributed by atoms with Crippen LogP contribution in [0.3, 0.4) is 0 Å². The van der Waals surface area contributed by atoms with Crippen LogP contribution in [-0.2, 0) is 6.42 Å². The summed E-state index contributed by atoms with van der Waals surface area (Å²) in [4.78, 5) is 0. The van der Waals surface area contributed by atoms with Crippen LogP contribution in [0.4, 0.5) is 0 Å². The lowest BCUT2D eigenvalue weighted by Gasteiger charge is -2.22. The molecule has 0 aliphatic rings. The Bertz CT molecular complexity index is 272. The van der Waals surface area contributed by atoms with Crippen molar-refractivity contribution in [2.45, 2.75) is 33.6 Å². The molecule has 0 aliphatic carbocycles. The van der Waals surface area contributed by atoms with Crippen molar-refractivity contribution in [3.63, 3.8) is 0 Å². The fourth-order valence-electron chi connectivity index (χ4n) is 1.42. The number of hydrogen-bond acceptors (Lipinski definition) is 1. The van der Waals surface area contributed by atoms with E-state index in [4.69, 9.17) is 4.74 Å². The highest BCUT2D eigenvalue weighted by Gasteiger charge is 2.15. The quantitative estimate of drug-likeness (QED) is 0.707. The predicted octanol–water partition coefficient (Wildman–Crippen LogP) is 3.67. The van der Waals surface area contributed by atoms with Gasteiger partial charge in [-0.25, -0.2) is 0 Å². The molecule has 1 aromatic carbocycles. The Morgan fingerprint density at radius 2 is 1.71 bits per heavy atom. The molecule has 1 nitrogen and oxygen atoms in total. The van der Waals surface area contributed by atoms with Gasteiger partial charge in [-0.2, -0.15) is 0 Å². The lowest BCUT2D eigenvalue weighted by atomic mass is 9.83.